The topological polar surface area (TPSA) is 66.4 Å². The van der Waals surface area contributed by atoms with Gasteiger partial charge in [-0.2, -0.15) is 0 Å². The van der Waals surface area contributed by atoms with Gasteiger partial charge in [0.1, 0.15) is 5.82 Å². The van der Waals surface area contributed by atoms with Gasteiger partial charge in [-0.25, -0.2) is 9.18 Å². The normalized spacial score (nSPS) is 13.5. The molecule has 1 aromatic carbocycles. The van der Waals surface area contributed by atoms with Gasteiger partial charge >= 0.3 is 5.97 Å². The maximum absolute atomic E-state index is 13.8. The molecule has 0 atom stereocenters. The summed E-state index contributed by atoms with van der Waals surface area (Å²) in [4.78, 5) is 24.8. The Morgan fingerprint density at radius 2 is 1.95 bits per heavy atom. The molecule has 114 valence electrons. The Bertz CT molecular complexity index is 730. The van der Waals surface area contributed by atoms with E-state index < -0.39 is 11.8 Å². The molecule has 1 amide bonds. The SMILES string of the molecule is O=C(O)c1ccc(NC(=O)c2cc3c(s2)CCCC3)c(F)c1. The second-order valence-corrected chi connectivity index (χ2v) is 6.36. The van der Waals surface area contributed by atoms with Crippen LogP contribution in [0.5, 0.6) is 0 Å². The number of amides is 1. The number of fused-ring (bicyclic) bond motifs is 1. The average molecular weight is 319 g/mol. The minimum Gasteiger partial charge on any atom is -0.478 e. The number of nitrogens with one attached hydrogen (secondary N) is 1. The molecule has 4 nitrogen and oxygen atoms in total. The van der Waals surface area contributed by atoms with Gasteiger partial charge in [0.2, 0.25) is 0 Å². The second kappa shape index (κ2) is 5.88. The Balaban J connectivity index is 1.79. The van der Waals surface area contributed by atoms with Crippen LogP contribution in [0, 0.1) is 5.82 Å². The molecule has 2 aromatic rings. The smallest absolute Gasteiger partial charge is 0.335 e. The van der Waals surface area contributed by atoms with Crippen molar-refractivity contribution in [2.24, 2.45) is 0 Å². The summed E-state index contributed by atoms with van der Waals surface area (Å²) in [7, 11) is 0. The maximum atomic E-state index is 13.8. The Labute approximate surface area is 130 Å². The molecule has 0 spiro atoms. The number of carboxylic acids is 1. The fourth-order valence-corrected chi connectivity index (χ4v) is 3.68. The van der Waals surface area contributed by atoms with Crippen LogP contribution < -0.4 is 5.32 Å². The van der Waals surface area contributed by atoms with Crippen LogP contribution in [0.25, 0.3) is 0 Å². The van der Waals surface area contributed by atoms with E-state index >= 15 is 0 Å². The van der Waals surface area contributed by atoms with E-state index in [9.17, 15) is 14.0 Å². The van der Waals surface area contributed by atoms with Crippen LogP contribution in [0.4, 0.5) is 10.1 Å². The van der Waals surface area contributed by atoms with Gasteiger partial charge in [0.15, 0.2) is 0 Å². The number of hydrogen-bond donors (Lipinski definition) is 2. The van der Waals surface area contributed by atoms with E-state index in [4.69, 9.17) is 5.11 Å². The highest BCUT2D eigenvalue weighted by molar-refractivity contribution is 7.14. The first kappa shape index (κ1) is 14.7. The average Bonchev–Trinajstić information content (AvgIpc) is 2.93. The maximum Gasteiger partial charge on any atom is 0.335 e. The van der Waals surface area contributed by atoms with Crippen LogP contribution in [-0.4, -0.2) is 17.0 Å². The van der Waals surface area contributed by atoms with Crippen LogP contribution in [0.3, 0.4) is 0 Å². The van der Waals surface area contributed by atoms with Gasteiger partial charge in [0, 0.05) is 4.88 Å². The molecule has 0 radical (unpaired) electrons. The van der Waals surface area contributed by atoms with E-state index in [2.05, 4.69) is 5.32 Å². The molecule has 3 rings (SSSR count). The molecule has 1 aromatic heterocycles. The summed E-state index contributed by atoms with van der Waals surface area (Å²) in [5, 5.41) is 11.3. The van der Waals surface area contributed by atoms with Crippen molar-refractivity contribution in [2.45, 2.75) is 25.7 Å². The Hall–Kier alpha value is -2.21. The van der Waals surface area contributed by atoms with Crippen LogP contribution >= 0.6 is 11.3 Å². The van der Waals surface area contributed by atoms with E-state index in [0.717, 1.165) is 31.7 Å². The number of rotatable bonds is 3. The van der Waals surface area contributed by atoms with Crippen molar-refractivity contribution in [1.29, 1.82) is 0 Å². The summed E-state index contributed by atoms with van der Waals surface area (Å²) < 4.78 is 13.8. The molecule has 1 heterocycles. The first-order valence-corrected chi connectivity index (χ1v) is 7.82. The summed E-state index contributed by atoms with van der Waals surface area (Å²) in [5.74, 6) is -2.32. The van der Waals surface area contributed by atoms with Gasteiger partial charge in [-0.1, -0.05) is 0 Å². The Kier molecular flexibility index (Phi) is 3.94. The number of anilines is 1. The van der Waals surface area contributed by atoms with Crippen molar-refractivity contribution in [2.75, 3.05) is 5.32 Å². The third-order valence-corrected chi connectivity index (χ3v) is 4.92. The zero-order chi connectivity index (χ0) is 15.7. The minimum absolute atomic E-state index is 0.0126. The highest BCUT2D eigenvalue weighted by Gasteiger charge is 2.18. The number of thiophene rings is 1. The van der Waals surface area contributed by atoms with Crippen LogP contribution in [-0.2, 0) is 12.8 Å². The minimum atomic E-state index is -1.21. The number of aromatic carboxylic acids is 1. The third kappa shape index (κ3) is 2.87. The third-order valence-electron chi connectivity index (χ3n) is 3.68. The number of halogens is 1. The van der Waals surface area contributed by atoms with Crippen molar-refractivity contribution in [3.63, 3.8) is 0 Å². The molecule has 0 aliphatic heterocycles. The van der Waals surface area contributed by atoms with Crippen molar-refractivity contribution < 1.29 is 19.1 Å². The monoisotopic (exact) mass is 319 g/mol. The predicted octanol–water partition coefficient (Wildman–Crippen LogP) is 3.72. The molecule has 0 bridgehead atoms. The molecule has 0 saturated carbocycles. The molecule has 1 aliphatic carbocycles. The van der Waals surface area contributed by atoms with Crippen molar-refractivity contribution in [3.05, 3.63) is 51.0 Å². The lowest BCUT2D eigenvalue weighted by Crippen LogP contribution is -2.12. The zero-order valence-electron chi connectivity index (χ0n) is 11.7. The molecular weight excluding hydrogens is 305 g/mol. The number of carbonyl (C=O) groups is 2. The summed E-state index contributed by atoms with van der Waals surface area (Å²) in [5.41, 5.74) is 1.05. The largest absolute Gasteiger partial charge is 0.478 e. The van der Waals surface area contributed by atoms with Crippen LogP contribution in [0.2, 0.25) is 0 Å². The van der Waals surface area contributed by atoms with E-state index in [0.29, 0.717) is 4.88 Å². The lowest BCUT2D eigenvalue weighted by Gasteiger charge is -2.08. The summed E-state index contributed by atoms with van der Waals surface area (Å²) in [6.45, 7) is 0. The summed E-state index contributed by atoms with van der Waals surface area (Å²) in [6, 6.07) is 5.31. The van der Waals surface area contributed by atoms with E-state index in [1.807, 2.05) is 6.07 Å². The molecule has 0 unspecified atom stereocenters. The lowest BCUT2D eigenvalue weighted by molar-refractivity contribution is 0.0696. The van der Waals surface area contributed by atoms with Gasteiger partial charge < -0.3 is 10.4 Å². The quantitative estimate of drug-likeness (QED) is 0.906. The molecule has 1 aliphatic rings. The molecule has 22 heavy (non-hydrogen) atoms. The Morgan fingerprint density at radius 1 is 1.18 bits per heavy atom. The van der Waals surface area contributed by atoms with Gasteiger partial charge in [-0.05, 0) is 55.5 Å². The van der Waals surface area contributed by atoms with E-state index in [1.54, 1.807) is 0 Å². The number of benzene rings is 1. The van der Waals surface area contributed by atoms with Gasteiger partial charge in [-0.15, -0.1) is 11.3 Å². The number of carbonyl (C=O) groups excluding carboxylic acids is 1. The van der Waals surface area contributed by atoms with E-state index in [-0.39, 0.29) is 17.2 Å². The van der Waals surface area contributed by atoms with Gasteiger partial charge in [0.05, 0.1) is 16.1 Å². The molecule has 6 heteroatoms. The lowest BCUT2D eigenvalue weighted by atomic mass is 9.99. The highest BCUT2D eigenvalue weighted by Crippen LogP contribution is 2.30. The van der Waals surface area contributed by atoms with Crippen molar-refractivity contribution >= 4 is 28.9 Å². The van der Waals surface area contributed by atoms with Crippen LogP contribution in [0.15, 0.2) is 24.3 Å². The predicted molar refractivity (Wildman–Crippen MR) is 82.3 cm³/mol. The molecule has 0 fully saturated rings. The number of aryl methyl sites for hydroxylation is 2. The highest BCUT2D eigenvalue weighted by atomic mass is 32.1. The van der Waals surface area contributed by atoms with Gasteiger partial charge in [-0.3, -0.25) is 4.79 Å². The number of hydrogen-bond acceptors (Lipinski definition) is 3. The molecule has 2 N–H and O–H groups in total. The summed E-state index contributed by atoms with van der Waals surface area (Å²) in [6.07, 6.45) is 4.26. The standard InChI is InChI=1S/C16H14FNO3S/c17-11-7-10(16(20)21)5-6-12(11)18-15(19)14-8-9-3-1-2-4-13(9)22-14/h5-8H,1-4H2,(H,18,19)(H,20,21). The van der Waals surface area contributed by atoms with Crippen molar-refractivity contribution in [1.82, 2.24) is 0 Å². The summed E-state index contributed by atoms with van der Waals surface area (Å²) >= 11 is 1.45. The van der Waals surface area contributed by atoms with Crippen molar-refractivity contribution in [3.8, 4) is 0 Å². The molecule has 0 saturated heterocycles. The fraction of sp³-hybridized carbons (Fsp3) is 0.250. The van der Waals surface area contributed by atoms with E-state index in [1.165, 1.54) is 33.9 Å². The zero-order valence-corrected chi connectivity index (χ0v) is 12.5. The Morgan fingerprint density at radius 3 is 2.64 bits per heavy atom. The van der Waals surface area contributed by atoms with Gasteiger partial charge in [0.25, 0.3) is 5.91 Å². The second-order valence-electron chi connectivity index (χ2n) is 5.22. The molecular formula is C16H14FNO3S. The first-order valence-electron chi connectivity index (χ1n) is 7.00. The number of carboxylic acid groups (broad SMARTS) is 1. The fourth-order valence-electron chi connectivity index (χ4n) is 2.54. The van der Waals surface area contributed by atoms with Crippen LogP contribution in [0.1, 0.15) is 43.3 Å². The first-order chi connectivity index (χ1) is 10.5.